The number of fused-ring (bicyclic) bond motifs is 4. The van der Waals surface area contributed by atoms with Crippen LogP contribution in [0.5, 0.6) is 17.2 Å². The number of piperazine rings is 1. The van der Waals surface area contributed by atoms with Crippen LogP contribution in [0, 0.1) is 0 Å². The Morgan fingerprint density at radius 3 is 2.53 bits per heavy atom. The second-order valence-electron chi connectivity index (χ2n) is 8.12. The number of methoxy groups -OCH3 is 2. The summed E-state index contributed by atoms with van der Waals surface area (Å²) in [6, 6.07) is 17.1. The predicted molar refractivity (Wildman–Crippen MR) is 119 cm³/mol. The van der Waals surface area contributed by atoms with Gasteiger partial charge in [-0.2, -0.15) is 0 Å². The Kier molecular flexibility index (Phi) is 6.60. The molecular weight excluding hydrogens is 376 g/mol. The fourth-order valence-corrected chi connectivity index (χ4v) is 4.79. The summed E-state index contributed by atoms with van der Waals surface area (Å²) in [5.41, 5.74) is 1.18. The summed E-state index contributed by atoms with van der Waals surface area (Å²) in [5, 5.41) is 0. The van der Waals surface area contributed by atoms with Gasteiger partial charge in [-0.15, -0.1) is 6.58 Å². The van der Waals surface area contributed by atoms with Crippen molar-refractivity contribution in [3.8, 4) is 17.2 Å². The summed E-state index contributed by atoms with van der Waals surface area (Å²) in [5.74, 6) is 2.64. The van der Waals surface area contributed by atoms with Gasteiger partial charge in [-0.3, -0.25) is 9.80 Å². The third-order valence-electron chi connectivity index (χ3n) is 6.33. The van der Waals surface area contributed by atoms with Gasteiger partial charge in [-0.25, -0.2) is 0 Å². The Bertz CT molecular complexity index is 842. The first-order valence-electron chi connectivity index (χ1n) is 10.7. The summed E-state index contributed by atoms with van der Waals surface area (Å²) in [4.78, 5) is 5.14. The molecule has 3 atom stereocenters. The molecule has 0 spiro atoms. The zero-order valence-electron chi connectivity index (χ0n) is 18.0. The molecule has 2 aromatic carbocycles. The average Bonchev–Trinajstić information content (AvgIpc) is 3.04. The van der Waals surface area contributed by atoms with E-state index in [1.54, 1.807) is 14.2 Å². The van der Waals surface area contributed by atoms with Crippen molar-refractivity contribution in [2.75, 3.05) is 33.9 Å². The van der Waals surface area contributed by atoms with E-state index in [1.807, 2.05) is 36.4 Å². The van der Waals surface area contributed by atoms with Crippen molar-refractivity contribution in [1.29, 1.82) is 0 Å². The Morgan fingerprint density at radius 1 is 0.967 bits per heavy atom. The number of hydrogen-bond acceptors (Lipinski definition) is 5. The lowest BCUT2D eigenvalue weighted by Crippen LogP contribution is -2.59. The smallest absolute Gasteiger partial charge is 0.127 e. The van der Waals surface area contributed by atoms with E-state index in [0.29, 0.717) is 12.1 Å². The lowest BCUT2D eigenvalue weighted by atomic mass is 10.0. The number of benzene rings is 2. The van der Waals surface area contributed by atoms with E-state index in [1.165, 1.54) is 5.56 Å². The van der Waals surface area contributed by atoms with Crippen LogP contribution in [0.15, 0.2) is 61.2 Å². The van der Waals surface area contributed by atoms with Gasteiger partial charge in [-0.05, 0) is 31.0 Å². The van der Waals surface area contributed by atoms with E-state index in [2.05, 4.69) is 34.6 Å². The topological polar surface area (TPSA) is 34.2 Å². The summed E-state index contributed by atoms with van der Waals surface area (Å²) in [7, 11) is 3.40. The van der Waals surface area contributed by atoms with Crippen molar-refractivity contribution in [2.24, 2.45) is 0 Å². The lowest BCUT2D eigenvalue weighted by molar-refractivity contribution is 0.00386. The van der Waals surface area contributed by atoms with Crippen molar-refractivity contribution in [3.05, 3.63) is 66.7 Å². The third kappa shape index (κ3) is 4.47. The Labute approximate surface area is 179 Å². The minimum Gasteiger partial charge on any atom is -0.497 e. The van der Waals surface area contributed by atoms with Crippen LogP contribution in [0.25, 0.3) is 0 Å². The van der Waals surface area contributed by atoms with Crippen molar-refractivity contribution in [3.63, 3.8) is 0 Å². The van der Waals surface area contributed by atoms with Gasteiger partial charge in [0, 0.05) is 43.9 Å². The summed E-state index contributed by atoms with van der Waals surface area (Å²) < 4.78 is 17.5. The fourth-order valence-electron chi connectivity index (χ4n) is 4.79. The van der Waals surface area contributed by atoms with Gasteiger partial charge in [0.15, 0.2) is 0 Å². The summed E-state index contributed by atoms with van der Waals surface area (Å²) in [6.45, 7) is 7.76. The number of rotatable bonds is 8. The Morgan fingerprint density at radius 2 is 1.80 bits per heavy atom. The van der Waals surface area contributed by atoms with Crippen LogP contribution in [0.2, 0.25) is 0 Å². The number of para-hydroxylation sites is 1. The molecule has 5 rings (SSSR count). The number of ether oxygens (including phenoxy) is 3. The fraction of sp³-hybridized carbons (Fsp3) is 0.440. The first-order chi connectivity index (χ1) is 14.7. The van der Waals surface area contributed by atoms with Crippen LogP contribution in [0.4, 0.5) is 0 Å². The average molecular weight is 409 g/mol. The third-order valence-corrected chi connectivity index (χ3v) is 6.33. The van der Waals surface area contributed by atoms with E-state index in [0.717, 1.165) is 56.3 Å². The number of nitrogens with zero attached hydrogens (tertiary/aromatic N) is 2. The highest BCUT2D eigenvalue weighted by Gasteiger charge is 2.42. The van der Waals surface area contributed by atoms with E-state index >= 15 is 0 Å². The maximum Gasteiger partial charge on any atom is 0.127 e. The van der Waals surface area contributed by atoms with Gasteiger partial charge in [0.05, 0.1) is 20.3 Å². The van der Waals surface area contributed by atoms with Gasteiger partial charge < -0.3 is 14.2 Å². The predicted octanol–water partition coefficient (Wildman–Crippen LogP) is 3.99. The molecule has 0 aromatic heterocycles. The van der Waals surface area contributed by atoms with E-state index in [4.69, 9.17) is 14.2 Å². The van der Waals surface area contributed by atoms with Crippen LogP contribution in [-0.2, 0) is 6.54 Å². The molecule has 2 bridgehead atoms. The first kappa shape index (κ1) is 20.8. The molecule has 0 unspecified atom stereocenters. The molecule has 0 aliphatic carbocycles. The van der Waals surface area contributed by atoms with Gasteiger partial charge in [0.25, 0.3) is 0 Å². The molecule has 3 aliphatic heterocycles. The molecular formula is C25H32N2O3. The van der Waals surface area contributed by atoms with Gasteiger partial charge in [0.2, 0.25) is 0 Å². The van der Waals surface area contributed by atoms with Crippen molar-refractivity contribution in [1.82, 2.24) is 9.80 Å². The normalized spacial score (nSPS) is 24.3. The van der Waals surface area contributed by atoms with Gasteiger partial charge in [-0.1, -0.05) is 30.3 Å². The van der Waals surface area contributed by atoms with Crippen LogP contribution in [-0.4, -0.2) is 61.8 Å². The van der Waals surface area contributed by atoms with Crippen molar-refractivity contribution >= 4 is 0 Å². The highest BCUT2D eigenvalue weighted by molar-refractivity contribution is 5.40. The van der Waals surface area contributed by atoms with Crippen LogP contribution < -0.4 is 14.2 Å². The van der Waals surface area contributed by atoms with Crippen molar-refractivity contribution in [2.45, 2.75) is 37.6 Å². The Balaban J connectivity index is 1.58. The van der Waals surface area contributed by atoms with E-state index < -0.39 is 0 Å². The molecule has 30 heavy (non-hydrogen) atoms. The minimum absolute atomic E-state index is 0.163. The van der Waals surface area contributed by atoms with Crippen molar-refractivity contribution < 1.29 is 14.2 Å². The monoisotopic (exact) mass is 408 g/mol. The molecule has 0 N–H and O–H groups in total. The SMILES string of the molecule is C=CCN1C[C@@H]2[C@H](Oc3ccccc3)CC[C@H]1CN2Cc1ccc(OC)cc1OC. The molecule has 3 heterocycles. The largest absolute Gasteiger partial charge is 0.497 e. The van der Waals surface area contributed by atoms with Gasteiger partial charge in [0.1, 0.15) is 23.4 Å². The highest BCUT2D eigenvalue weighted by Crippen LogP contribution is 2.33. The molecule has 0 saturated carbocycles. The quantitative estimate of drug-likeness (QED) is 0.617. The highest BCUT2D eigenvalue weighted by atomic mass is 16.5. The second-order valence-corrected chi connectivity index (χ2v) is 8.12. The number of hydrogen-bond donors (Lipinski definition) is 0. The maximum absolute atomic E-state index is 6.51. The van der Waals surface area contributed by atoms with Crippen LogP contribution >= 0.6 is 0 Å². The molecule has 0 amide bonds. The van der Waals surface area contributed by atoms with E-state index in [-0.39, 0.29) is 6.10 Å². The molecule has 5 nitrogen and oxygen atoms in total. The maximum atomic E-state index is 6.51. The molecule has 2 aromatic rings. The Hall–Kier alpha value is -2.50. The standard InChI is InChI=1S/C25H32N2O3/c1-4-14-26-18-23-24(30-21-8-6-5-7-9-21)13-11-20(26)17-27(23)16-19-10-12-22(28-2)15-25(19)29-3/h4-10,12,15,20,23-24H,1,11,13-14,16-18H2,2-3H3/t20-,23+,24+/m0/s1. The van der Waals surface area contributed by atoms with Crippen LogP contribution in [0.3, 0.4) is 0 Å². The molecule has 3 fully saturated rings. The van der Waals surface area contributed by atoms with Crippen LogP contribution in [0.1, 0.15) is 18.4 Å². The zero-order valence-corrected chi connectivity index (χ0v) is 18.0. The molecule has 3 aliphatic rings. The van der Waals surface area contributed by atoms with Gasteiger partial charge >= 0.3 is 0 Å². The molecule has 0 radical (unpaired) electrons. The zero-order chi connectivity index (χ0) is 20.9. The van der Waals surface area contributed by atoms with E-state index in [9.17, 15) is 0 Å². The lowest BCUT2D eigenvalue weighted by Gasteiger charge is -2.45. The summed E-state index contributed by atoms with van der Waals surface area (Å²) in [6.07, 6.45) is 4.38. The summed E-state index contributed by atoms with van der Waals surface area (Å²) >= 11 is 0. The minimum atomic E-state index is 0.163. The molecule has 5 heteroatoms. The molecule has 160 valence electrons. The second kappa shape index (κ2) is 9.54. The molecule has 3 saturated heterocycles. The first-order valence-corrected chi connectivity index (χ1v) is 10.7.